The van der Waals surface area contributed by atoms with Crippen LogP contribution in [-0.2, 0) is 23.8 Å². The third kappa shape index (κ3) is 3.59. The molecule has 0 aliphatic carbocycles. The predicted octanol–water partition coefficient (Wildman–Crippen LogP) is 2.27. The number of carbonyl (C=O) groups is 3. The molecule has 1 aliphatic rings. The van der Waals surface area contributed by atoms with Crippen molar-refractivity contribution in [3.63, 3.8) is 0 Å². The van der Waals surface area contributed by atoms with Gasteiger partial charge in [-0.05, 0) is 53.9 Å². The predicted molar refractivity (Wildman–Crippen MR) is 82.8 cm³/mol. The molecule has 0 radical (unpaired) electrons. The largest absolute Gasteiger partial charge is 0.467 e. The number of ether oxygens (including phenoxy) is 3. The Kier molecular flexibility index (Phi) is 5.34. The summed E-state index contributed by atoms with van der Waals surface area (Å²) in [7, 11) is 2.51. The highest BCUT2D eigenvalue weighted by atomic mass is 16.6. The van der Waals surface area contributed by atoms with Gasteiger partial charge in [-0.1, -0.05) is 0 Å². The Morgan fingerprint density at radius 2 is 1.30 bits per heavy atom. The van der Waals surface area contributed by atoms with E-state index in [0.29, 0.717) is 19.3 Å². The molecule has 1 saturated heterocycles. The highest BCUT2D eigenvalue weighted by Gasteiger charge is 2.59. The maximum atomic E-state index is 12.8. The Balaban J connectivity index is 3.40. The van der Waals surface area contributed by atoms with E-state index in [1.165, 1.54) is 19.1 Å². The van der Waals surface area contributed by atoms with Gasteiger partial charge in [-0.25, -0.2) is 14.4 Å². The number of hydrogen-bond acceptors (Lipinski definition) is 6. The second-order valence-corrected chi connectivity index (χ2v) is 7.20. The van der Waals surface area contributed by atoms with Crippen molar-refractivity contribution in [2.45, 2.75) is 70.6 Å². The Morgan fingerprint density at radius 3 is 1.61 bits per heavy atom. The first-order valence-electron chi connectivity index (χ1n) is 7.62. The summed E-state index contributed by atoms with van der Waals surface area (Å²) in [4.78, 5) is 38.6. The lowest BCUT2D eigenvalue weighted by Crippen LogP contribution is -2.70. The molecular formula is C16H27NO6. The van der Waals surface area contributed by atoms with Crippen LogP contribution >= 0.6 is 0 Å². The number of nitrogens with zero attached hydrogens (tertiary/aromatic N) is 1. The van der Waals surface area contributed by atoms with Gasteiger partial charge in [0.2, 0.25) is 0 Å². The van der Waals surface area contributed by atoms with Crippen LogP contribution in [0, 0.1) is 0 Å². The van der Waals surface area contributed by atoms with E-state index < -0.39 is 34.7 Å². The first-order chi connectivity index (χ1) is 10.4. The highest BCUT2D eigenvalue weighted by molar-refractivity contribution is 5.92. The normalized spacial score (nSPS) is 28.0. The van der Waals surface area contributed by atoms with Crippen LogP contribution < -0.4 is 0 Å². The van der Waals surface area contributed by atoms with Crippen LogP contribution in [0.5, 0.6) is 0 Å². The Hall–Kier alpha value is -1.79. The molecule has 23 heavy (non-hydrogen) atoms. The van der Waals surface area contributed by atoms with Crippen molar-refractivity contribution in [3.8, 4) is 0 Å². The van der Waals surface area contributed by atoms with E-state index in [1.54, 1.807) is 34.6 Å². The van der Waals surface area contributed by atoms with Crippen molar-refractivity contribution in [1.82, 2.24) is 4.90 Å². The van der Waals surface area contributed by atoms with Crippen LogP contribution in [0.15, 0.2) is 0 Å². The van der Waals surface area contributed by atoms with Gasteiger partial charge in [0.25, 0.3) is 0 Å². The second kappa shape index (κ2) is 6.37. The third-order valence-corrected chi connectivity index (χ3v) is 4.14. The van der Waals surface area contributed by atoms with Gasteiger partial charge in [-0.15, -0.1) is 0 Å². The molecule has 2 atom stereocenters. The molecule has 0 spiro atoms. The van der Waals surface area contributed by atoms with Gasteiger partial charge in [0, 0.05) is 0 Å². The molecule has 1 fully saturated rings. The summed E-state index contributed by atoms with van der Waals surface area (Å²) in [5.74, 6) is -1.17. The minimum absolute atomic E-state index is 0.380. The third-order valence-electron chi connectivity index (χ3n) is 4.14. The molecule has 132 valence electrons. The molecular weight excluding hydrogens is 302 g/mol. The standard InChI is InChI=1S/C16H27NO6/c1-14(2,3)23-13(20)17-15(4,11(18)21-6)9-8-10-16(17,5)12(19)22-7/h8-10H2,1-7H3/t15-,16+. The first-order valence-corrected chi connectivity index (χ1v) is 7.62. The molecule has 0 aromatic carbocycles. The lowest BCUT2D eigenvalue weighted by molar-refractivity contribution is -0.174. The van der Waals surface area contributed by atoms with Crippen molar-refractivity contribution in [2.75, 3.05) is 14.2 Å². The Morgan fingerprint density at radius 1 is 0.913 bits per heavy atom. The molecule has 7 heteroatoms. The van der Waals surface area contributed by atoms with Crippen LogP contribution in [0.2, 0.25) is 0 Å². The lowest BCUT2D eigenvalue weighted by atomic mass is 9.78. The van der Waals surface area contributed by atoms with Gasteiger partial charge < -0.3 is 14.2 Å². The molecule has 0 aromatic heterocycles. The number of amides is 1. The second-order valence-electron chi connectivity index (χ2n) is 7.20. The van der Waals surface area contributed by atoms with E-state index in [2.05, 4.69) is 0 Å². The number of rotatable bonds is 2. The number of carbonyl (C=O) groups excluding carboxylic acids is 3. The van der Waals surface area contributed by atoms with Crippen LogP contribution in [-0.4, -0.2) is 53.8 Å². The SMILES string of the molecule is COC(=O)[C@]1(C)CCC[C@](C)(C(=O)OC)N1C(=O)OC(C)(C)C. The van der Waals surface area contributed by atoms with Gasteiger partial charge in [-0.3, -0.25) is 4.90 Å². The van der Waals surface area contributed by atoms with Crippen molar-refractivity contribution >= 4 is 18.0 Å². The fourth-order valence-electron chi connectivity index (χ4n) is 3.08. The Bertz CT molecular complexity index is 467. The summed E-state index contributed by atoms with van der Waals surface area (Å²) in [6, 6.07) is 0. The smallest absolute Gasteiger partial charge is 0.412 e. The van der Waals surface area contributed by atoms with Gasteiger partial charge >= 0.3 is 18.0 Å². The van der Waals surface area contributed by atoms with E-state index >= 15 is 0 Å². The molecule has 1 rings (SSSR count). The number of esters is 2. The minimum Gasteiger partial charge on any atom is -0.467 e. The van der Waals surface area contributed by atoms with Gasteiger partial charge in [0.15, 0.2) is 0 Å². The van der Waals surface area contributed by atoms with Crippen molar-refractivity contribution in [2.24, 2.45) is 0 Å². The van der Waals surface area contributed by atoms with Gasteiger partial charge in [0.05, 0.1) is 14.2 Å². The van der Waals surface area contributed by atoms with E-state index in [4.69, 9.17) is 14.2 Å². The van der Waals surface area contributed by atoms with Crippen molar-refractivity contribution in [3.05, 3.63) is 0 Å². The quantitative estimate of drug-likeness (QED) is 0.571. The zero-order chi connectivity index (χ0) is 18.1. The van der Waals surface area contributed by atoms with E-state index in [9.17, 15) is 14.4 Å². The fraction of sp³-hybridized carbons (Fsp3) is 0.812. The molecule has 0 aromatic rings. The number of hydrogen-bond donors (Lipinski definition) is 0. The highest BCUT2D eigenvalue weighted by Crippen LogP contribution is 2.41. The van der Waals surface area contributed by atoms with Gasteiger partial charge in [-0.2, -0.15) is 0 Å². The lowest BCUT2D eigenvalue weighted by Gasteiger charge is -2.51. The molecule has 0 N–H and O–H groups in total. The number of piperidine rings is 1. The molecule has 0 bridgehead atoms. The minimum atomic E-state index is -1.29. The average Bonchev–Trinajstić information content (AvgIpc) is 2.43. The molecule has 0 saturated carbocycles. The monoisotopic (exact) mass is 329 g/mol. The average molecular weight is 329 g/mol. The summed E-state index contributed by atoms with van der Waals surface area (Å²) < 4.78 is 15.2. The van der Waals surface area contributed by atoms with Crippen LogP contribution in [0.1, 0.15) is 53.9 Å². The fourth-order valence-corrected chi connectivity index (χ4v) is 3.08. The van der Waals surface area contributed by atoms with Crippen LogP contribution in [0.25, 0.3) is 0 Å². The van der Waals surface area contributed by atoms with E-state index in [-0.39, 0.29) is 0 Å². The summed E-state index contributed by atoms with van der Waals surface area (Å²) >= 11 is 0. The maximum Gasteiger partial charge on any atom is 0.412 e. The van der Waals surface area contributed by atoms with E-state index in [0.717, 1.165) is 0 Å². The van der Waals surface area contributed by atoms with Crippen molar-refractivity contribution < 1.29 is 28.6 Å². The molecule has 7 nitrogen and oxygen atoms in total. The topological polar surface area (TPSA) is 82.1 Å². The van der Waals surface area contributed by atoms with E-state index in [1.807, 2.05) is 0 Å². The summed E-state index contributed by atoms with van der Waals surface area (Å²) in [6.45, 7) is 8.34. The molecule has 1 amide bonds. The van der Waals surface area contributed by atoms with Crippen LogP contribution in [0.3, 0.4) is 0 Å². The zero-order valence-electron chi connectivity index (χ0n) is 15.0. The summed E-state index contributed by atoms with van der Waals surface area (Å²) in [5, 5.41) is 0. The molecule has 0 unspecified atom stereocenters. The van der Waals surface area contributed by atoms with Crippen LogP contribution in [0.4, 0.5) is 4.79 Å². The summed E-state index contributed by atoms with van der Waals surface area (Å²) in [5.41, 5.74) is -3.35. The zero-order valence-corrected chi connectivity index (χ0v) is 15.0. The molecule has 1 aliphatic heterocycles. The number of likely N-dealkylation sites (tertiary alicyclic amines) is 1. The molecule has 1 heterocycles. The Labute approximate surface area is 137 Å². The first kappa shape index (κ1) is 19.3. The summed E-state index contributed by atoms with van der Waals surface area (Å²) in [6.07, 6.45) is 0.603. The maximum absolute atomic E-state index is 12.8. The van der Waals surface area contributed by atoms with Crippen molar-refractivity contribution in [1.29, 1.82) is 0 Å². The van der Waals surface area contributed by atoms with Gasteiger partial charge in [0.1, 0.15) is 16.7 Å². The number of methoxy groups -OCH3 is 2.